The maximum Gasteiger partial charge on any atom is 0.320 e. The van der Waals surface area contributed by atoms with E-state index in [0.717, 1.165) is 38.3 Å². The molecule has 1 heterocycles. The topological polar surface area (TPSA) is 49.6 Å². The van der Waals surface area contributed by atoms with Gasteiger partial charge < -0.3 is 15.5 Å². The SMILES string of the molecule is Cc1ccc(CCC2CCN(C(=O)N(C)CN)CC2)cc1. The summed E-state index contributed by atoms with van der Waals surface area (Å²) in [7, 11) is 1.76. The molecule has 0 unspecified atom stereocenters. The molecule has 21 heavy (non-hydrogen) atoms. The summed E-state index contributed by atoms with van der Waals surface area (Å²) in [6, 6.07) is 8.88. The van der Waals surface area contributed by atoms with Crippen molar-refractivity contribution in [2.45, 2.75) is 32.6 Å². The van der Waals surface area contributed by atoms with Crippen molar-refractivity contribution in [1.29, 1.82) is 0 Å². The van der Waals surface area contributed by atoms with Gasteiger partial charge in [-0.15, -0.1) is 0 Å². The van der Waals surface area contributed by atoms with Gasteiger partial charge in [0, 0.05) is 20.1 Å². The van der Waals surface area contributed by atoms with Crippen LogP contribution in [0.4, 0.5) is 4.79 Å². The van der Waals surface area contributed by atoms with E-state index in [1.807, 2.05) is 4.90 Å². The predicted octanol–water partition coefficient (Wildman–Crippen LogP) is 2.61. The fourth-order valence-electron chi connectivity index (χ4n) is 2.86. The minimum atomic E-state index is 0.0643. The number of piperidine rings is 1. The molecule has 1 aromatic rings. The third-order valence-electron chi connectivity index (χ3n) is 4.45. The van der Waals surface area contributed by atoms with Crippen molar-refractivity contribution in [3.05, 3.63) is 35.4 Å². The monoisotopic (exact) mass is 289 g/mol. The Morgan fingerprint density at radius 2 is 1.90 bits per heavy atom. The zero-order valence-electron chi connectivity index (χ0n) is 13.2. The van der Waals surface area contributed by atoms with Crippen molar-refractivity contribution in [3.8, 4) is 0 Å². The van der Waals surface area contributed by atoms with Crippen LogP contribution in [0.15, 0.2) is 24.3 Å². The van der Waals surface area contributed by atoms with E-state index in [2.05, 4.69) is 31.2 Å². The first kappa shape index (κ1) is 15.8. The summed E-state index contributed by atoms with van der Waals surface area (Å²) in [5.41, 5.74) is 8.24. The van der Waals surface area contributed by atoms with Crippen molar-refractivity contribution >= 4 is 6.03 Å². The largest absolute Gasteiger partial charge is 0.325 e. The Morgan fingerprint density at radius 1 is 1.29 bits per heavy atom. The van der Waals surface area contributed by atoms with E-state index in [1.54, 1.807) is 11.9 Å². The van der Waals surface area contributed by atoms with Gasteiger partial charge in [0.1, 0.15) is 0 Å². The summed E-state index contributed by atoms with van der Waals surface area (Å²) in [4.78, 5) is 15.5. The van der Waals surface area contributed by atoms with E-state index < -0.39 is 0 Å². The maximum absolute atomic E-state index is 12.0. The number of rotatable bonds is 4. The molecule has 0 aromatic heterocycles. The van der Waals surface area contributed by atoms with E-state index in [0.29, 0.717) is 0 Å². The fraction of sp³-hybridized carbons (Fsp3) is 0.588. The molecule has 1 aromatic carbocycles. The molecule has 0 bridgehead atoms. The number of aryl methyl sites for hydroxylation is 2. The van der Waals surface area contributed by atoms with Crippen LogP contribution in [0, 0.1) is 12.8 Å². The Hall–Kier alpha value is -1.55. The van der Waals surface area contributed by atoms with E-state index in [-0.39, 0.29) is 12.7 Å². The lowest BCUT2D eigenvalue weighted by Gasteiger charge is -2.34. The lowest BCUT2D eigenvalue weighted by atomic mass is 9.90. The summed E-state index contributed by atoms with van der Waals surface area (Å²) >= 11 is 0. The zero-order chi connectivity index (χ0) is 15.2. The summed E-state index contributed by atoms with van der Waals surface area (Å²) < 4.78 is 0. The average molecular weight is 289 g/mol. The molecule has 0 atom stereocenters. The molecule has 1 saturated heterocycles. The molecule has 2 amide bonds. The Kier molecular flexibility index (Phi) is 5.62. The van der Waals surface area contributed by atoms with Crippen LogP contribution in [-0.2, 0) is 6.42 Å². The van der Waals surface area contributed by atoms with Crippen molar-refractivity contribution in [2.75, 3.05) is 26.8 Å². The number of amides is 2. The second kappa shape index (κ2) is 7.46. The van der Waals surface area contributed by atoms with E-state index in [9.17, 15) is 4.79 Å². The molecule has 1 aliphatic heterocycles. The van der Waals surface area contributed by atoms with Gasteiger partial charge >= 0.3 is 6.03 Å². The van der Waals surface area contributed by atoms with E-state index in [4.69, 9.17) is 5.73 Å². The molecule has 0 saturated carbocycles. The van der Waals surface area contributed by atoms with Gasteiger partial charge in [-0.25, -0.2) is 4.79 Å². The molecule has 4 nitrogen and oxygen atoms in total. The maximum atomic E-state index is 12.0. The molecular formula is C17H27N3O. The first-order valence-corrected chi connectivity index (χ1v) is 7.86. The molecule has 4 heteroatoms. The highest BCUT2D eigenvalue weighted by molar-refractivity contribution is 5.74. The van der Waals surface area contributed by atoms with Gasteiger partial charge in [0.2, 0.25) is 0 Å². The highest BCUT2D eigenvalue weighted by atomic mass is 16.2. The highest BCUT2D eigenvalue weighted by Crippen LogP contribution is 2.23. The van der Waals surface area contributed by atoms with Crippen LogP contribution >= 0.6 is 0 Å². The molecule has 0 aliphatic carbocycles. The number of hydrogen-bond donors (Lipinski definition) is 1. The second-order valence-electron chi connectivity index (χ2n) is 6.12. The molecule has 0 spiro atoms. The summed E-state index contributed by atoms with van der Waals surface area (Å²) in [5, 5.41) is 0. The summed E-state index contributed by atoms with van der Waals surface area (Å²) in [6.45, 7) is 4.13. The third kappa shape index (κ3) is 4.46. The van der Waals surface area contributed by atoms with E-state index >= 15 is 0 Å². The first-order chi connectivity index (χ1) is 10.1. The van der Waals surface area contributed by atoms with Crippen LogP contribution in [0.25, 0.3) is 0 Å². The minimum absolute atomic E-state index is 0.0643. The normalized spacial score (nSPS) is 16.0. The number of carbonyl (C=O) groups excluding carboxylic acids is 1. The van der Waals surface area contributed by atoms with Gasteiger partial charge in [0.05, 0.1) is 6.67 Å². The van der Waals surface area contributed by atoms with Gasteiger partial charge in [-0.3, -0.25) is 0 Å². The minimum Gasteiger partial charge on any atom is -0.325 e. The second-order valence-corrected chi connectivity index (χ2v) is 6.12. The van der Waals surface area contributed by atoms with Crippen LogP contribution in [0.3, 0.4) is 0 Å². The number of carbonyl (C=O) groups is 1. The van der Waals surface area contributed by atoms with E-state index in [1.165, 1.54) is 17.5 Å². The van der Waals surface area contributed by atoms with Gasteiger partial charge in [-0.1, -0.05) is 29.8 Å². The Bertz CT molecular complexity index is 450. The van der Waals surface area contributed by atoms with Crippen molar-refractivity contribution in [1.82, 2.24) is 9.80 Å². The van der Waals surface area contributed by atoms with Crippen molar-refractivity contribution in [3.63, 3.8) is 0 Å². The lowest BCUT2D eigenvalue weighted by Crippen LogP contribution is -2.46. The number of hydrogen-bond acceptors (Lipinski definition) is 2. The van der Waals surface area contributed by atoms with Crippen LogP contribution < -0.4 is 5.73 Å². The van der Waals surface area contributed by atoms with Gasteiger partial charge in [0.15, 0.2) is 0 Å². The number of nitrogens with two attached hydrogens (primary N) is 1. The molecule has 2 N–H and O–H groups in total. The van der Waals surface area contributed by atoms with Crippen LogP contribution in [0.2, 0.25) is 0 Å². The number of benzene rings is 1. The zero-order valence-corrected chi connectivity index (χ0v) is 13.2. The fourth-order valence-corrected chi connectivity index (χ4v) is 2.86. The van der Waals surface area contributed by atoms with Gasteiger partial charge in [-0.2, -0.15) is 0 Å². The third-order valence-corrected chi connectivity index (χ3v) is 4.45. The Morgan fingerprint density at radius 3 is 2.48 bits per heavy atom. The molecule has 1 fully saturated rings. The Labute approximate surface area is 127 Å². The first-order valence-electron chi connectivity index (χ1n) is 7.86. The molecule has 1 aliphatic rings. The molecular weight excluding hydrogens is 262 g/mol. The number of nitrogens with zero attached hydrogens (tertiary/aromatic N) is 2. The van der Waals surface area contributed by atoms with Crippen LogP contribution in [-0.4, -0.2) is 42.6 Å². The van der Waals surface area contributed by atoms with Crippen molar-refractivity contribution < 1.29 is 4.79 Å². The van der Waals surface area contributed by atoms with Gasteiger partial charge in [0.25, 0.3) is 0 Å². The quantitative estimate of drug-likeness (QED) is 0.866. The summed E-state index contributed by atoms with van der Waals surface area (Å²) in [6.07, 6.45) is 4.57. The van der Waals surface area contributed by atoms with Crippen LogP contribution in [0.5, 0.6) is 0 Å². The smallest absolute Gasteiger partial charge is 0.320 e. The van der Waals surface area contributed by atoms with Crippen molar-refractivity contribution in [2.24, 2.45) is 11.7 Å². The summed E-state index contributed by atoms with van der Waals surface area (Å²) in [5.74, 6) is 0.735. The molecule has 2 rings (SSSR count). The lowest BCUT2D eigenvalue weighted by molar-refractivity contribution is 0.140. The predicted molar refractivity (Wildman–Crippen MR) is 86.0 cm³/mol. The van der Waals surface area contributed by atoms with Gasteiger partial charge in [-0.05, 0) is 44.1 Å². The highest BCUT2D eigenvalue weighted by Gasteiger charge is 2.24. The average Bonchev–Trinajstić information content (AvgIpc) is 2.53. The molecule has 0 radical (unpaired) electrons. The number of urea groups is 1. The van der Waals surface area contributed by atoms with Crippen LogP contribution in [0.1, 0.15) is 30.4 Å². The standard InChI is InChI=1S/C17H27N3O/c1-14-3-5-15(6-4-14)7-8-16-9-11-20(12-10-16)17(21)19(2)13-18/h3-6,16H,7-13,18H2,1-2H3. The molecule has 116 valence electrons. The number of likely N-dealkylation sites (tertiary alicyclic amines) is 1. The Balaban J connectivity index is 1.74.